The van der Waals surface area contributed by atoms with Crippen molar-refractivity contribution in [1.29, 1.82) is 0 Å². The molecule has 0 spiro atoms. The Morgan fingerprint density at radius 2 is 1.68 bits per heavy atom. The predicted molar refractivity (Wildman–Crippen MR) is 98.2 cm³/mol. The fourth-order valence-corrected chi connectivity index (χ4v) is 3.00. The van der Waals surface area contributed by atoms with Gasteiger partial charge in [-0.3, -0.25) is 9.59 Å². The average Bonchev–Trinajstić information content (AvgIpc) is 3.45. The fourth-order valence-electron chi connectivity index (χ4n) is 2.87. The van der Waals surface area contributed by atoms with Gasteiger partial charge in [0, 0.05) is 11.6 Å². The molecule has 2 aromatic carbocycles. The van der Waals surface area contributed by atoms with Crippen molar-refractivity contribution in [3.05, 3.63) is 70.7 Å². The van der Waals surface area contributed by atoms with Gasteiger partial charge in [-0.05, 0) is 42.0 Å². The fraction of sp³-hybridized carbons (Fsp3) is 0.300. The van der Waals surface area contributed by atoms with Gasteiger partial charge in [0.05, 0.1) is 12.5 Å². The first-order valence-electron chi connectivity index (χ1n) is 8.47. The average molecular weight is 357 g/mol. The van der Waals surface area contributed by atoms with Gasteiger partial charge >= 0.3 is 0 Å². The number of carbonyl (C=O) groups excluding carboxylic acids is 2. The molecule has 1 atom stereocenters. The van der Waals surface area contributed by atoms with Crippen LogP contribution in [0.5, 0.6) is 0 Å². The van der Waals surface area contributed by atoms with E-state index < -0.39 is 0 Å². The van der Waals surface area contributed by atoms with Crippen LogP contribution in [0, 0.1) is 5.92 Å². The Morgan fingerprint density at radius 3 is 2.32 bits per heavy atom. The van der Waals surface area contributed by atoms with Crippen molar-refractivity contribution in [1.82, 2.24) is 10.6 Å². The van der Waals surface area contributed by atoms with Gasteiger partial charge < -0.3 is 10.6 Å². The van der Waals surface area contributed by atoms with Crippen LogP contribution in [-0.2, 0) is 16.1 Å². The molecule has 0 saturated heterocycles. The molecule has 2 amide bonds. The number of rotatable bonds is 7. The maximum Gasteiger partial charge on any atom is 0.239 e. The van der Waals surface area contributed by atoms with E-state index in [4.69, 9.17) is 11.6 Å². The second kappa shape index (κ2) is 8.17. The third-order valence-electron chi connectivity index (χ3n) is 4.36. The van der Waals surface area contributed by atoms with Gasteiger partial charge in [0.1, 0.15) is 0 Å². The van der Waals surface area contributed by atoms with E-state index in [-0.39, 0.29) is 24.3 Å². The first-order valence-corrected chi connectivity index (χ1v) is 8.85. The van der Waals surface area contributed by atoms with Gasteiger partial charge in [-0.15, -0.1) is 0 Å². The molecule has 1 saturated carbocycles. The molecule has 0 bridgehead atoms. The van der Waals surface area contributed by atoms with Crippen molar-refractivity contribution in [2.45, 2.75) is 25.3 Å². The number of hydrogen-bond acceptors (Lipinski definition) is 2. The molecule has 0 radical (unpaired) electrons. The Hall–Kier alpha value is -2.33. The number of halogens is 1. The number of amides is 2. The summed E-state index contributed by atoms with van der Waals surface area (Å²) in [7, 11) is 0. The monoisotopic (exact) mass is 356 g/mol. The molecule has 2 N–H and O–H groups in total. The molecular weight excluding hydrogens is 336 g/mol. The minimum absolute atomic E-state index is 0.0114. The SMILES string of the molecule is O=C(CNC(=O)C(c1ccccc1)C1CC1)NCc1ccc(Cl)cc1. The van der Waals surface area contributed by atoms with Crippen molar-refractivity contribution < 1.29 is 9.59 Å². The Kier molecular flexibility index (Phi) is 5.71. The molecule has 5 heteroatoms. The van der Waals surface area contributed by atoms with Crippen LogP contribution in [-0.4, -0.2) is 18.4 Å². The zero-order valence-corrected chi connectivity index (χ0v) is 14.6. The topological polar surface area (TPSA) is 58.2 Å². The molecule has 130 valence electrons. The summed E-state index contributed by atoms with van der Waals surface area (Å²) in [6.07, 6.45) is 2.13. The summed E-state index contributed by atoms with van der Waals surface area (Å²) in [5, 5.41) is 6.24. The van der Waals surface area contributed by atoms with Crippen LogP contribution < -0.4 is 10.6 Å². The van der Waals surface area contributed by atoms with Crippen molar-refractivity contribution in [2.24, 2.45) is 5.92 Å². The predicted octanol–water partition coefficient (Wildman–Crippen LogP) is 3.27. The molecule has 1 aliphatic rings. The first-order chi connectivity index (χ1) is 12.1. The van der Waals surface area contributed by atoms with Crippen LogP contribution in [0.15, 0.2) is 54.6 Å². The number of nitrogens with one attached hydrogen (secondary N) is 2. The third-order valence-corrected chi connectivity index (χ3v) is 4.61. The lowest BCUT2D eigenvalue weighted by molar-refractivity contribution is -0.127. The van der Waals surface area contributed by atoms with E-state index in [1.807, 2.05) is 42.5 Å². The molecule has 1 unspecified atom stereocenters. The summed E-state index contributed by atoms with van der Waals surface area (Å²) in [6.45, 7) is 0.402. The number of benzene rings is 2. The van der Waals surface area contributed by atoms with Crippen molar-refractivity contribution in [2.75, 3.05) is 6.54 Å². The van der Waals surface area contributed by atoms with Crippen LogP contribution >= 0.6 is 11.6 Å². The maximum absolute atomic E-state index is 12.5. The van der Waals surface area contributed by atoms with Crippen LogP contribution in [0.4, 0.5) is 0 Å². The summed E-state index contributed by atoms with van der Waals surface area (Å²) in [4.78, 5) is 24.5. The summed E-state index contributed by atoms with van der Waals surface area (Å²) < 4.78 is 0. The quantitative estimate of drug-likeness (QED) is 0.800. The highest BCUT2D eigenvalue weighted by Gasteiger charge is 2.37. The highest BCUT2D eigenvalue weighted by molar-refractivity contribution is 6.30. The van der Waals surface area contributed by atoms with E-state index >= 15 is 0 Å². The smallest absolute Gasteiger partial charge is 0.239 e. The van der Waals surface area contributed by atoms with Crippen molar-refractivity contribution >= 4 is 23.4 Å². The lowest BCUT2D eigenvalue weighted by atomic mass is 9.93. The molecule has 25 heavy (non-hydrogen) atoms. The van der Waals surface area contributed by atoms with Crippen LogP contribution in [0.2, 0.25) is 5.02 Å². The second-order valence-electron chi connectivity index (χ2n) is 6.35. The molecule has 4 nitrogen and oxygen atoms in total. The normalized spacial score (nSPS) is 14.6. The molecule has 2 aromatic rings. The Labute approximate surface area is 152 Å². The van der Waals surface area contributed by atoms with Gasteiger partial charge in [-0.25, -0.2) is 0 Å². The maximum atomic E-state index is 12.5. The number of carbonyl (C=O) groups is 2. The zero-order chi connectivity index (χ0) is 17.6. The van der Waals surface area contributed by atoms with Gasteiger partial charge in [-0.1, -0.05) is 54.1 Å². The van der Waals surface area contributed by atoms with E-state index in [0.717, 1.165) is 24.0 Å². The summed E-state index contributed by atoms with van der Waals surface area (Å²) in [5.41, 5.74) is 1.98. The Bertz CT molecular complexity index is 727. The van der Waals surface area contributed by atoms with E-state index in [1.165, 1.54) is 0 Å². The largest absolute Gasteiger partial charge is 0.350 e. The van der Waals surface area contributed by atoms with Crippen molar-refractivity contribution in [3.63, 3.8) is 0 Å². The van der Waals surface area contributed by atoms with E-state index in [0.29, 0.717) is 17.5 Å². The minimum Gasteiger partial charge on any atom is -0.350 e. The minimum atomic E-state index is -0.203. The highest BCUT2D eigenvalue weighted by Crippen LogP contribution is 2.42. The van der Waals surface area contributed by atoms with Crippen LogP contribution in [0.25, 0.3) is 0 Å². The molecule has 3 rings (SSSR count). The Morgan fingerprint density at radius 1 is 1.00 bits per heavy atom. The van der Waals surface area contributed by atoms with Gasteiger partial charge in [-0.2, -0.15) is 0 Å². The van der Waals surface area contributed by atoms with Gasteiger partial charge in [0.15, 0.2) is 0 Å². The molecule has 0 heterocycles. The van der Waals surface area contributed by atoms with Gasteiger partial charge in [0.25, 0.3) is 0 Å². The standard InChI is InChI=1S/C20H21ClN2O2/c21-17-10-6-14(7-11-17)12-22-18(24)13-23-20(25)19(16-8-9-16)15-4-2-1-3-5-15/h1-7,10-11,16,19H,8-9,12-13H2,(H,22,24)(H,23,25). The second-order valence-corrected chi connectivity index (χ2v) is 6.78. The molecule has 0 aromatic heterocycles. The van der Waals surface area contributed by atoms with E-state index in [2.05, 4.69) is 10.6 Å². The summed E-state index contributed by atoms with van der Waals surface area (Å²) in [6, 6.07) is 17.1. The number of hydrogen-bond donors (Lipinski definition) is 2. The zero-order valence-electron chi connectivity index (χ0n) is 13.9. The lowest BCUT2D eigenvalue weighted by Crippen LogP contribution is -2.39. The lowest BCUT2D eigenvalue weighted by Gasteiger charge is -2.16. The van der Waals surface area contributed by atoms with Crippen molar-refractivity contribution in [3.8, 4) is 0 Å². The molecular formula is C20H21ClN2O2. The third kappa shape index (κ3) is 5.07. The molecule has 0 aliphatic heterocycles. The molecule has 1 aliphatic carbocycles. The van der Waals surface area contributed by atoms with Crippen LogP contribution in [0.1, 0.15) is 29.9 Å². The van der Waals surface area contributed by atoms with Gasteiger partial charge in [0.2, 0.25) is 11.8 Å². The Balaban J connectivity index is 1.49. The summed E-state index contributed by atoms with van der Waals surface area (Å²) >= 11 is 5.83. The molecule has 1 fully saturated rings. The highest BCUT2D eigenvalue weighted by atomic mass is 35.5. The summed E-state index contributed by atoms with van der Waals surface area (Å²) in [5.74, 6) is -0.0500. The van der Waals surface area contributed by atoms with E-state index in [9.17, 15) is 9.59 Å². The van der Waals surface area contributed by atoms with E-state index in [1.54, 1.807) is 12.1 Å². The first kappa shape index (κ1) is 17.5. The van der Waals surface area contributed by atoms with Crippen LogP contribution in [0.3, 0.4) is 0 Å².